The van der Waals surface area contributed by atoms with E-state index in [9.17, 15) is 4.79 Å². The molecule has 0 aromatic carbocycles. The quantitative estimate of drug-likeness (QED) is 0.862. The van der Waals surface area contributed by atoms with Crippen LogP contribution in [0.3, 0.4) is 0 Å². The van der Waals surface area contributed by atoms with Gasteiger partial charge in [0.2, 0.25) is 0 Å². The van der Waals surface area contributed by atoms with Crippen LogP contribution < -0.4 is 0 Å². The fraction of sp³-hybridized carbons (Fsp3) is 0.765. The Labute approximate surface area is 132 Å². The summed E-state index contributed by atoms with van der Waals surface area (Å²) in [7, 11) is 1.76. The summed E-state index contributed by atoms with van der Waals surface area (Å²) >= 11 is 0. The Morgan fingerprint density at radius 1 is 1.32 bits per heavy atom. The lowest BCUT2D eigenvalue weighted by Gasteiger charge is -2.45. The van der Waals surface area contributed by atoms with Gasteiger partial charge in [-0.1, -0.05) is 12.8 Å². The number of carbonyl (C=O) groups excluding carboxylic acids is 1. The lowest BCUT2D eigenvalue weighted by Crippen LogP contribution is -2.54. The molecule has 1 saturated heterocycles. The van der Waals surface area contributed by atoms with Crippen molar-refractivity contribution < 1.29 is 9.53 Å². The molecule has 2 aliphatic rings. The molecule has 3 rings (SSSR count). The van der Waals surface area contributed by atoms with Crippen LogP contribution in [0.25, 0.3) is 0 Å². The van der Waals surface area contributed by atoms with Crippen LogP contribution in [0.1, 0.15) is 68.9 Å². The second-order valence-electron chi connectivity index (χ2n) is 7.22. The molecule has 0 spiro atoms. The molecule has 1 aliphatic heterocycles. The van der Waals surface area contributed by atoms with Gasteiger partial charge in [0, 0.05) is 25.4 Å². The highest BCUT2D eigenvalue weighted by molar-refractivity contribution is 5.93. The number of nitrogens with zero attached hydrogens (tertiary/aromatic N) is 3. The maximum atomic E-state index is 13.1. The normalized spacial score (nSPS) is 25.6. The van der Waals surface area contributed by atoms with Gasteiger partial charge in [0.05, 0.1) is 12.1 Å². The Balaban J connectivity index is 1.81. The monoisotopic (exact) mass is 305 g/mol. The zero-order valence-corrected chi connectivity index (χ0v) is 13.9. The van der Waals surface area contributed by atoms with Gasteiger partial charge in [-0.25, -0.2) is 0 Å². The van der Waals surface area contributed by atoms with E-state index in [2.05, 4.69) is 18.9 Å². The molecule has 0 N–H and O–H groups in total. The van der Waals surface area contributed by atoms with Crippen LogP contribution in [0.15, 0.2) is 12.3 Å². The van der Waals surface area contributed by atoms with Gasteiger partial charge in [0.1, 0.15) is 5.69 Å². The predicted molar refractivity (Wildman–Crippen MR) is 84.9 cm³/mol. The highest BCUT2D eigenvalue weighted by Gasteiger charge is 2.39. The van der Waals surface area contributed by atoms with E-state index in [1.807, 2.05) is 15.6 Å². The molecule has 1 atom stereocenters. The van der Waals surface area contributed by atoms with Crippen molar-refractivity contribution in [1.82, 2.24) is 14.7 Å². The van der Waals surface area contributed by atoms with Crippen molar-refractivity contribution in [2.45, 2.75) is 70.1 Å². The molecule has 122 valence electrons. The number of hydrogen-bond acceptors (Lipinski definition) is 3. The number of hydrogen-bond donors (Lipinski definition) is 0. The molecule has 2 heterocycles. The van der Waals surface area contributed by atoms with Gasteiger partial charge in [-0.2, -0.15) is 5.10 Å². The summed E-state index contributed by atoms with van der Waals surface area (Å²) in [6, 6.07) is 2.27. The number of amides is 1. The van der Waals surface area contributed by atoms with Crippen molar-refractivity contribution >= 4 is 5.91 Å². The van der Waals surface area contributed by atoms with E-state index in [0.717, 1.165) is 37.9 Å². The van der Waals surface area contributed by atoms with E-state index in [-0.39, 0.29) is 17.6 Å². The average Bonchev–Trinajstić information content (AvgIpc) is 3.15. The summed E-state index contributed by atoms with van der Waals surface area (Å²) in [5.41, 5.74) is 0.566. The predicted octanol–water partition coefficient (Wildman–Crippen LogP) is 3.03. The smallest absolute Gasteiger partial charge is 0.272 e. The molecule has 1 saturated carbocycles. The van der Waals surface area contributed by atoms with Crippen LogP contribution >= 0.6 is 0 Å². The first-order valence-electron chi connectivity index (χ1n) is 8.41. The van der Waals surface area contributed by atoms with Crippen molar-refractivity contribution in [2.75, 3.05) is 13.7 Å². The first-order valence-corrected chi connectivity index (χ1v) is 8.41. The van der Waals surface area contributed by atoms with Crippen molar-refractivity contribution in [3.8, 4) is 0 Å². The molecule has 1 aliphatic carbocycles. The van der Waals surface area contributed by atoms with Crippen LogP contribution in [0.2, 0.25) is 0 Å². The number of carbonyl (C=O) groups is 1. The molecular formula is C17H27N3O2. The van der Waals surface area contributed by atoms with Crippen LogP contribution in [0, 0.1) is 0 Å². The topological polar surface area (TPSA) is 47.4 Å². The third kappa shape index (κ3) is 2.78. The standard InChI is InChI=1S/C17H27N3O2/c1-17(2)12-14(22-3)9-11-19(17)16(21)15-8-10-18-20(15)13-6-4-5-7-13/h8,10,13-14H,4-7,9,11-12H2,1-3H3. The number of methoxy groups -OCH3 is 1. The molecule has 0 bridgehead atoms. The zero-order valence-electron chi connectivity index (χ0n) is 13.9. The van der Waals surface area contributed by atoms with Gasteiger partial charge in [-0.3, -0.25) is 9.48 Å². The van der Waals surface area contributed by atoms with Gasteiger partial charge < -0.3 is 9.64 Å². The summed E-state index contributed by atoms with van der Waals surface area (Å²) in [5, 5.41) is 4.44. The molecule has 1 aromatic rings. The third-order valence-corrected chi connectivity index (χ3v) is 5.27. The first kappa shape index (κ1) is 15.5. The molecule has 1 unspecified atom stereocenters. The summed E-state index contributed by atoms with van der Waals surface area (Å²) in [5.74, 6) is 0.115. The van der Waals surface area contributed by atoms with Crippen LogP contribution in [-0.4, -0.2) is 45.9 Å². The molecule has 1 aromatic heterocycles. The summed E-state index contributed by atoms with van der Waals surface area (Å²) in [4.78, 5) is 15.1. The second-order valence-corrected chi connectivity index (χ2v) is 7.22. The number of likely N-dealkylation sites (tertiary alicyclic amines) is 1. The van der Waals surface area contributed by atoms with Gasteiger partial charge in [0.25, 0.3) is 5.91 Å². The Hall–Kier alpha value is -1.36. The highest BCUT2D eigenvalue weighted by atomic mass is 16.5. The van der Waals surface area contributed by atoms with Crippen LogP contribution in [-0.2, 0) is 4.74 Å². The molecular weight excluding hydrogens is 278 g/mol. The summed E-state index contributed by atoms with van der Waals surface area (Å²) in [6.07, 6.45) is 8.55. The van der Waals surface area contributed by atoms with Crippen molar-refractivity contribution in [1.29, 1.82) is 0 Å². The Morgan fingerprint density at radius 2 is 2.05 bits per heavy atom. The summed E-state index contributed by atoms with van der Waals surface area (Å²) in [6.45, 7) is 5.01. The minimum atomic E-state index is -0.180. The number of ether oxygens (including phenoxy) is 1. The van der Waals surface area contributed by atoms with Crippen molar-refractivity contribution in [3.63, 3.8) is 0 Å². The van der Waals surface area contributed by atoms with Crippen molar-refractivity contribution in [2.24, 2.45) is 0 Å². The average molecular weight is 305 g/mol. The fourth-order valence-electron chi connectivity index (χ4n) is 3.98. The number of piperidine rings is 1. The largest absolute Gasteiger partial charge is 0.381 e. The molecule has 0 radical (unpaired) electrons. The van der Waals surface area contributed by atoms with Gasteiger partial charge in [-0.15, -0.1) is 0 Å². The van der Waals surface area contributed by atoms with E-state index in [1.54, 1.807) is 13.3 Å². The van der Waals surface area contributed by atoms with E-state index in [4.69, 9.17) is 4.74 Å². The zero-order chi connectivity index (χ0) is 15.7. The minimum Gasteiger partial charge on any atom is -0.381 e. The molecule has 1 amide bonds. The second kappa shape index (κ2) is 6.03. The molecule has 5 heteroatoms. The highest BCUT2D eigenvalue weighted by Crippen LogP contribution is 2.33. The molecule has 2 fully saturated rings. The maximum absolute atomic E-state index is 13.1. The maximum Gasteiger partial charge on any atom is 0.272 e. The van der Waals surface area contributed by atoms with Gasteiger partial charge in [-0.05, 0) is 45.6 Å². The van der Waals surface area contributed by atoms with Crippen LogP contribution in [0.5, 0.6) is 0 Å². The molecule has 5 nitrogen and oxygen atoms in total. The van der Waals surface area contributed by atoms with Gasteiger partial charge >= 0.3 is 0 Å². The van der Waals surface area contributed by atoms with E-state index >= 15 is 0 Å². The number of aromatic nitrogens is 2. The Bertz CT molecular complexity index is 532. The van der Waals surface area contributed by atoms with E-state index < -0.39 is 0 Å². The Kier molecular flexibility index (Phi) is 4.26. The lowest BCUT2D eigenvalue weighted by atomic mass is 9.88. The lowest BCUT2D eigenvalue weighted by molar-refractivity contribution is -0.0158. The van der Waals surface area contributed by atoms with Crippen LogP contribution in [0.4, 0.5) is 0 Å². The summed E-state index contributed by atoms with van der Waals surface area (Å²) < 4.78 is 7.46. The first-order chi connectivity index (χ1) is 10.5. The van der Waals surface area contributed by atoms with Gasteiger partial charge in [0.15, 0.2) is 0 Å². The van der Waals surface area contributed by atoms with E-state index in [0.29, 0.717) is 6.04 Å². The number of rotatable bonds is 3. The SMILES string of the molecule is COC1CCN(C(=O)c2ccnn2C2CCCC2)C(C)(C)C1. The Morgan fingerprint density at radius 3 is 2.68 bits per heavy atom. The minimum absolute atomic E-state index is 0.115. The van der Waals surface area contributed by atoms with E-state index in [1.165, 1.54) is 12.8 Å². The molecule has 22 heavy (non-hydrogen) atoms. The third-order valence-electron chi connectivity index (χ3n) is 5.27. The fourth-order valence-corrected chi connectivity index (χ4v) is 3.98. The van der Waals surface area contributed by atoms with Crippen molar-refractivity contribution in [3.05, 3.63) is 18.0 Å².